The van der Waals surface area contributed by atoms with Gasteiger partial charge in [0.25, 0.3) is 0 Å². The Balaban J connectivity index is 2.16. The predicted molar refractivity (Wildman–Crippen MR) is 81.3 cm³/mol. The lowest BCUT2D eigenvalue weighted by atomic mass is 10.2. The van der Waals surface area contributed by atoms with Crippen molar-refractivity contribution in [2.24, 2.45) is 0 Å². The van der Waals surface area contributed by atoms with Gasteiger partial charge >= 0.3 is 0 Å². The zero-order valence-electron chi connectivity index (χ0n) is 10.5. The van der Waals surface area contributed by atoms with Gasteiger partial charge in [0.05, 0.1) is 0 Å². The van der Waals surface area contributed by atoms with Crippen LogP contribution in [0.2, 0.25) is 5.02 Å². The lowest BCUT2D eigenvalue weighted by molar-refractivity contribution is 1.26. The maximum atomic E-state index is 6.17. The van der Waals surface area contributed by atoms with Gasteiger partial charge in [0, 0.05) is 26.9 Å². The first kappa shape index (κ1) is 13.3. The van der Waals surface area contributed by atoms with Gasteiger partial charge in [0.1, 0.15) is 0 Å². The highest BCUT2D eigenvalue weighted by atomic mass is 35.5. The topological polar surface area (TPSA) is 26.0 Å². The largest absolute Gasteiger partial charge is 0.398 e. The molecule has 0 fully saturated rings. The van der Waals surface area contributed by atoms with Crippen LogP contribution in [0.25, 0.3) is 0 Å². The van der Waals surface area contributed by atoms with Crippen LogP contribution in [0.3, 0.4) is 0 Å². The van der Waals surface area contributed by atoms with Crippen molar-refractivity contribution in [2.75, 3.05) is 5.73 Å². The quantitative estimate of drug-likeness (QED) is 0.642. The van der Waals surface area contributed by atoms with Crippen LogP contribution in [-0.4, -0.2) is 0 Å². The van der Waals surface area contributed by atoms with E-state index < -0.39 is 0 Å². The maximum Gasteiger partial charge on any atom is 0.0467 e. The third-order valence-corrected chi connectivity index (χ3v) is 4.41. The van der Waals surface area contributed by atoms with Crippen LogP contribution >= 0.6 is 23.4 Å². The van der Waals surface area contributed by atoms with Crippen molar-refractivity contribution in [1.29, 1.82) is 0 Å². The minimum absolute atomic E-state index is 0.743. The summed E-state index contributed by atoms with van der Waals surface area (Å²) in [4.78, 5) is 1.28. The molecule has 1 nitrogen and oxygen atoms in total. The first-order valence-electron chi connectivity index (χ1n) is 5.81. The molecular weight excluding hydrogens is 262 g/mol. The fraction of sp³-hybridized carbons (Fsp3) is 0.200. The zero-order chi connectivity index (χ0) is 13.1. The molecule has 0 aliphatic rings. The highest BCUT2D eigenvalue weighted by Crippen LogP contribution is 2.31. The van der Waals surface area contributed by atoms with Crippen LogP contribution in [0.15, 0.2) is 41.3 Å². The minimum atomic E-state index is 0.743. The molecule has 0 amide bonds. The molecule has 0 spiro atoms. The van der Waals surface area contributed by atoms with Gasteiger partial charge in [-0.05, 0) is 37.6 Å². The lowest BCUT2D eigenvalue weighted by Gasteiger charge is -2.09. The number of anilines is 1. The molecule has 2 rings (SSSR count). The summed E-state index contributed by atoms with van der Waals surface area (Å²) in [5.41, 5.74) is 10.3. The Bertz CT molecular complexity index is 546. The van der Waals surface area contributed by atoms with Crippen molar-refractivity contribution >= 4 is 29.1 Å². The van der Waals surface area contributed by atoms with Gasteiger partial charge in [-0.2, -0.15) is 0 Å². The summed E-state index contributed by atoms with van der Waals surface area (Å²) in [5.74, 6) is 0.801. The fourth-order valence-electron chi connectivity index (χ4n) is 1.84. The normalized spacial score (nSPS) is 10.6. The average molecular weight is 278 g/mol. The fourth-order valence-corrected chi connectivity index (χ4v) is 3.24. The molecule has 2 N–H and O–H groups in total. The number of hydrogen-bond donors (Lipinski definition) is 1. The number of hydrogen-bond acceptors (Lipinski definition) is 2. The molecule has 0 saturated heterocycles. The first-order chi connectivity index (χ1) is 8.58. The van der Waals surface area contributed by atoms with Crippen molar-refractivity contribution in [3.8, 4) is 0 Å². The minimum Gasteiger partial charge on any atom is -0.398 e. The molecule has 2 aromatic rings. The monoisotopic (exact) mass is 277 g/mol. The average Bonchev–Trinajstić information content (AvgIpc) is 2.31. The Hall–Kier alpha value is -1.12. The summed E-state index contributed by atoms with van der Waals surface area (Å²) >= 11 is 7.94. The molecule has 18 heavy (non-hydrogen) atoms. The molecule has 0 atom stereocenters. The van der Waals surface area contributed by atoms with Gasteiger partial charge in [-0.25, -0.2) is 0 Å². The van der Waals surface area contributed by atoms with Gasteiger partial charge in [-0.15, -0.1) is 11.8 Å². The predicted octanol–water partition coefficient (Wildman–Crippen LogP) is 4.83. The molecule has 3 heteroatoms. The molecule has 0 unspecified atom stereocenters. The van der Waals surface area contributed by atoms with Crippen LogP contribution in [0.1, 0.15) is 16.7 Å². The maximum absolute atomic E-state index is 6.17. The van der Waals surface area contributed by atoms with E-state index >= 15 is 0 Å². The van der Waals surface area contributed by atoms with E-state index in [1.807, 2.05) is 18.2 Å². The number of nitrogen functional groups attached to an aromatic ring is 1. The van der Waals surface area contributed by atoms with Crippen LogP contribution in [0.4, 0.5) is 5.69 Å². The lowest BCUT2D eigenvalue weighted by Crippen LogP contribution is -1.93. The van der Waals surface area contributed by atoms with E-state index in [2.05, 4.69) is 32.0 Å². The SMILES string of the molecule is Cc1ccc(SCc2c(N)cccc2Cl)c(C)c1. The van der Waals surface area contributed by atoms with Crippen LogP contribution in [-0.2, 0) is 5.75 Å². The third-order valence-electron chi connectivity index (χ3n) is 2.86. The first-order valence-corrected chi connectivity index (χ1v) is 7.17. The second-order valence-corrected chi connectivity index (χ2v) is 5.79. The molecule has 0 saturated carbocycles. The number of rotatable bonds is 3. The number of thioether (sulfide) groups is 1. The van der Waals surface area contributed by atoms with Gasteiger partial charge in [0.2, 0.25) is 0 Å². The zero-order valence-corrected chi connectivity index (χ0v) is 12.1. The van der Waals surface area contributed by atoms with Gasteiger partial charge < -0.3 is 5.73 Å². The van der Waals surface area contributed by atoms with E-state index in [0.717, 1.165) is 22.0 Å². The van der Waals surface area contributed by atoms with E-state index in [9.17, 15) is 0 Å². The Morgan fingerprint density at radius 2 is 1.94 bits per heavy atom. The molecular formula is C15H16ClNS. The van der Waals surface area contributed by atoms with Crippen molar-refractivity contribution in [3.63, 3.8) is 0 Å². The summed E-state index contributed by atoms with van der Waals surface area (Å²) in [7, 11) is 0. The molecule has 0 bridgehead atoms. The molecule has 0 aliphatic carbocycles. The van der Waals surface area contributed by atoms with Crippen LogP contribution < -0.4 is 5.73 Å². The summed E-state index contributed by atoms with van der Waals surface area (Å²) < 4.78 is 0. The second kappa shape index (κ2) is 5.68. The number of benzene rings is 2. The molecule has 94 valence electrons. The second-order valence-electron chi connectivity index (χ2n) is 4.37. The molecule has 0 aromatic heterocycles. The number of halogens is 1. The summed E-state index contributed by atoms with van der Waals surface area (Å²) in [6, 6.07) is 12.1. The molecule has 2 aromatic carbocycles. The standard InChI is InChI=1S/C15H16ClNS/c1-10-6-7-15(11(2)8-10)18-9-12-13(16)4-3-5-14(12)17/h3-8H,9,17H2,1-2H3. The smallest absolute Gasteiger partial charge is 0.0467 e. The molecule has 0 heterocycles. The molecule has 0 radical (unpaired) electrons. The number of nitrogens with two attached hydrogens (primary N) is 1. The van der Waals surface area contributed by atoms with Crippen molar-refractivity contribution in [3.05, 3.63) is 58.1 Å². The highest BCUT2D eigenvalue weighted by Gasteiger charge is 2.06. The Morgan fingerprint density at radius 1 is 1.17 bits per heavy atom. The Labute approximate surface area is 117 Å². The van der Waals surface area contributed by atoms with Gasteiger partial charge in [0.15, 0.2) is 0 Å². The van der Waals surface area contributed by atoms with Crippen LogP contribution in [0, 0.1) is 13.8 Å². The van der Waals surface area contributed by atoms with E-state index in [0.29, 0.717) is 0 Å². The Morgan fingerprint density at radius 3 is 2.61 bits per heavy atom. The van der Waals surface area contributed by atoms with Crippen molar-refractivity contribution in [1.82, 2.24) is 0 Å². The summed E-state index contributed by atoms with van der Waals surface area (Å²) in [5, 5.41) is 0.743. The number of aryl methyl sites for hydroxylation is 2. The third kappa shape index (κ3) is 3.01. The van der Waals surface area contributed by atoms with Gasteiger partial charge in [-0.3, -0.25) is 0 Å². The van der Waals surface area contributed by atoms with E-state index in [4.69, 9.17) is 17.3 Å². The van der Waals surface area contributed by atoms with E-state index in [1.54, 1.807) is 11.8 Å². The van der Waals surface area contributed by atoms with E-state index in [-0.39, 0.29) is 0 Å². The van der Waals surface area contributed by atoms with E-state index in [1.165, 1.54) is 16.0 Å². The summed E-state index contributed by atoms with van der Waals surface area (Å²) in [6.45, 7) is 4.23. The van der Waals surface area contributed by atoms with Crippen molar-refractivity contribution < 1.29 is 0 Å². The molecule has 0 aliphatic heterocycles. The van der Waals surface area contributed by atoms with Crippen LogP contribution in [0.5, 0.6) is 0 Å². The Kier molecular flexibility index (Phi) is 4.20. The summed E-state index contributed by atoms with van der Waals surface area (Å²) in [6.07, 6.45) is 0. The van der Waals surface area contributed by atoms with Gasteiger partial charge in [-0.1, -0.05) is 35.4 Å². The van der Waals surface area contributed by atoms with Crippen molar-refractivity contribution in [2.45, 2.75) is 24.5 Å². The highest BCUT2D eigenvalue weighted by molar-refractivity contribution is 7.98.